The molecule has 0 N–H and O–H groups in total. The molecule has 0 atom stereocenters. The van der Waals surface area contributed by atoms with Crippen molar-refractivity contribution in [2.45, 2.75) is 13.1 Å². The van der Waals surface area contributed by atoms with Gasteiger partial charge in [-0.25, -0.2) is 0 Å². The van der Waals surface area contributed by atoms with Crippen LogP contribution in [0.25, 0.3) is 10.8 Å². The molecule has 4 aromatic carbocycles. The molecule has 6 heteroatoms. The maximum Gasteiger partial charge on any atom is 0.194 e. The summed E-state index contributed by atoms with van der Waals surface area (Å²) in [5.41, 5.74) is 3.82. The van der Waals surface area contributed by atoms with Crippen LogP contribution in [0.3, 0.4) is 0 Å². The smallest absolute Gasteiger partial charge is 0.194 e. The largest absolute Gasteiger partial charge is 0.338 e. The van der Waals surface area contributed by atoms with Gasteiger partial charge in [-0.15, -0.1) is 0 Å². The summed E-state index contributed by atoms with van der Waals surface area (Å²) >= 11 is 13.2. The van der Waals surface area contributed by atoms with Gasteiger partial charge in [-0.3, -0.25) is 9.59 Å². The molecular weight excluding hydrogens is 479 g/mol. The van der Waals surface area contributed by atoms with Crippen LogP contribution in [0.15, 0.2) is 95.2 Å². The average molecular weight is 499 g/mol. The Kier molecular flexibility index (Phi) is 5.36. The minimum absolute atomic E-state index is 0.120. The number of hydrogen-bond acceptors (Lipinski definition) is 4. The summed E-state index contributed by atoms with van der Waals surface area (Å²) in [5.74, 6) is -0.249. The van der Waals surface area contributed by atoms with Crippen LogP contribution >= 0.6 is 23.2 Å². The standard InChI is InChI=1S/C29H20Cl2N2O2/c30-28-29(31)33(17-32(28)15-18-9-11-20-5-1-2-6-21(20)13-18)16-19-10-12-24-25(14-19)27(35)23-8-4-3-7-22(23)26(24)34/h1-14H,15-17H2. The molecule has 0 aromatic heterocycles. The first-order valence-electron chi connectivity index (χ1n) is 11.3. The maximum absolute atomic E-state index is 13.1. The van der Waals surface area contributed by atoms with Crippen molar-refractivity contribution in [2.24, 2.45) is 0 Å². The van der Waals surface area contributed by atoms with Gasteiger partial charge in [0.25, 0.3) is 0 Å². The molecule has 0 unspecified atom stereocenters. The molecule has 0 saturated carbocycles. The SMILES string of the molecule is O=C1c2ccccc2C(=O)c2cc(CN3CN(Cc4ccc5ccccc5c4)C(Cl)=C3Cl)ccc21. The van der Waals surface area contributed by atoms with Gasteiger partial charge in [0.15, 0.2) is 11.6 Å². The third kappa shape index (κ3) is 3.79. The molecule has 4 nitrogen and oxygen atoms in total. The van der Waals surface area contributed by atoms with Crippen molar-refractivity contribution >= 4 is 45.5 Å². The number of hydrogen-bond donors (Lipinski definition) is 0. The molecule has 0 amide bonds. The van der Waals surface area contributed by atoms with E-state index in [9.17, 15) is 9.59 Å². The molecule has 35 heavy (non-hydrogen) atoms. The Balaban J connectivity index is 1.22. The van der Waals surface area contributed by atoms with Crippen molar-refractivity contribution in [3.63, 3.8) is 0 Å². The lowest BCUT2D eigenvalue weighted by molar-refractivity contribution is 0.0979. The zero-order valence-electron chi connectivity index (χ0n) is 18.7. The molecule has 0 radical (unpaired) electrons. The van der Waals surface area contributed by atoms with Gasteiger partial charge < -0.3 is 9.80 Å². The lowest BCUT2D eigenvalue weighted by atomic mass is 9.83. The molecular formula is C29H20Cl2N2O2. The highest BCUT2D eigenvalue weighted by atomic mass is 35.5. The van der Waals surface area contributed by atoms with Gasteiger partial charge >= 0.3 is 0 Å². The molecule has 4 aromatic rings. The normalized spacial score (nSPS) is 15.1. The van der Waals surface area contributed by atoms with E-state index in [1.807, 2.05) is 28.0 Å². The summed E-state index contributed by atoms with van der Waals surface area (Å²) in [6.45, 7) is 1.63. The number of carbonyl (C=O) groups is 2. The molecule has 6 rings (SSSR count). The Morgan fingerprint density at radius 1 is 0.571 bits per heavy atom. The first kappa shape index (κ1) is 21.9. The number of carbonyl (C=O) groups excluding carboxylic acids is 2. The Hall–Kier alpha value is -3.60. The van der Waals surface area contributed by atoms with E-state index >= 15 is 0 Å². The number of benzene rings is 4. The van der Waals surface area contributed by atoms with Crippen molar-refractivity contribution in [1.82, 2.24) is 9.80 Å². The van der Waals surface area contributed by atoms with Crippen LogP contribution in [0.1, 0.15) is 43.0 Å². The fraction of sp³-hybridized carbons (Fsp3) is 0.103. The van der Waals surface area contributed by atoms with Gasteiger partial charge in [-0.05, 0) is 40.1 Å². The van der Waals surface area contributed by atoms with Gasteiger partial charge in [-0.2, -0.15) is 0 Å². The van der Waals surface area contributed by atoms with Crippen LogP contribution in [-0.2, 0) is 13.1 Å². The quantitative estimate of drug-likeness (QED) is 0.265. The van der Waals surface area contributed by atoms with Crippen LogP contribution in [-0.4, -0.2) is 28.0 Å². The van der Waals surface area contributed by atoms with Crippen LogP contribution < -0.4 is 0 Å². The van der Waals surface area contributed by atoms with Crippen molar-refractivity contribution in [1.29, 1.82) is 0 Å². The van der Waals surface area contributed by atoms with Crippen molar-refractivity contribution in [3.8, 4) is 0 Å². The highest BCUT2D eigenvalue weighted by Gasteiger charge is 2.31. The monoisotopic (exact) mass is 498 g/mol. The topological polar surface area (TPSA) is 40.6 Å². The molecule has 0 fully saturated rings. The molecule has 0 bridgehead atoms. The fourth-order valence-corrected chi connectivity index (χ4v) is 5.32. The summed E-state index contributed by atoms with van der Waals surface area (Å²) in [6.07, 6.45) is 0. The van der Waals surface area contributed by atoms with E-state index in [-0.39, 0.29) is 11.6 Å². The fourth-order valence-electron chi connectivity index (χ4n) is 4.85. The van der Waals surface area contributed by atoms with Crippen molar-refractivity contribution in [3.05, 3.63) is 129 Å². The Morgan fingerprint density at radius 2 is 1.09 bits per heavy atom. The van der Waals surface area contributed by atoms with E-state index in [1.54, 1.807) is 36.4 Å². The minimum Gasteiger partial charge on any atom is -0.338 e. The highest BCUT2D eigenvalue weighted by Crippen LogP contribution is 2.34. The second-order valence-corrected chi connectivity index (χ2v) is 9.60. The Bertz CT molecular complexity index is 1560. The van der Waals surface area contributed by atoms with Gasteiger partial charge in [-0.1, -0.05) is 89.9 Å². The van der Waals surface area contributed by atoms with Crippen LogP contribution in [0.2, 0.25) is 0 Å². The summed E-state index contributed by atoms with van der Waals surface area (Å²) < 4.78 is 0. The molecule has 1 aliphatic carbocycles. The van der Waals surface area contributed by atoms with Gasteiger partial charge in [0.2, 0.25) is 0 Å². The predicted molar refractivity (Wildman–Crippen MR) is 138 cm³/mol. The van der Waals surface area contributed by atoms with E-state index in [0.29, 0.717) is 52.3 Å². The Labute approximate surface area is 213 Å². The second kappa shape index (κ2) is 8.56. The number of rotatable bonds is 4. The molecule has 2 aliphatic rings. The molecule has 0 spiro atoms. The summed E-state index contributed by atoms with van der Waals surface area (Å²) in [7, 11) is 0. The Morgan fingerprint density at radius 3 is 1.77 bits per heavy atom. The van der Waals surface area contributed by atoms with Gasteiger partial charge in [0.05, 0.1) is 6.67 Å². The maximum atomic E-state index is 13.1. The first-order chi connectivity index (χ1) is 17.0. The summed E-state index contributed by atoms with van der Waals surface area (Å²) in [4.78, 5) is 30.0. The van der Waals surface area contributed by atoms with Gasteiger partial charge in [0, 0.05) is 35.3 Å². The zero-order valence-corrected chi connectivity index (χ0v) is 20.2. The van der Waals surface area contributed by atoms with E-state index in [1.165, 1.54) is 10.8 Å². The van der Waals surface area contributed by atoms with Crippen molar-refractivity contribution in [2.75, 3.05) is 6.67 Å². The lowest BCUT2D eigenvalue weighted by Crippen LogP contribution is -2.27. The minimum atomic E-state index is -0.129. The predicted octanol–water partition coefficient (Wildman–Crippen LogP) is 6.49. The molecule has 0 saturated heterocycles. The highest BCUT2D eigenvalue weighted by molar-refractivity contribution is 6.39. The molecule has 172 valence electrons. The number of nitrogens with zero attached hydrogens (tertiary/aromatic N) is 2. The first-order valence-corrected chi connectivity index (χ1v) is 12.1. The summed E-state index contributed by atoms with van der Waals surface area (Å²) in [5, 5.41) is 3.35. The average Bonchev–Trinajstić information content (AvgIpc) is 3.14. The number of fused-ring (bicyclic) bond motifs is 3. The third-order valence-electron chi connectivity index (χ3n) is 6.62. The third-order valence-corrected chi connectivity index (χ3v) is 7.55. The van der Waals surface area contributed by atoms with E-state index in [2.05, 4.69) is 30.3 Å². The van der Waals surface area contributed by atoms with E-state index in [0.717, 1.165) is 11.1 Å². The van der Waals surface area contributed by atoms with E-state index < -0.39 is 0 Å². The van der Waals surface area contributed by atoms with Crippen molar-refractivity contribution < 1.29 is 9.59 Å². The number of halogens is 2. The van der Waals surface area contributed by atoms with Gasteiger partial charge in [0.1, 0.15) is 10.3 Å². The zero-order chi connectivity index (χ0) is 24.1. The van der Waals surface area contributed by atoms with Crippen LogP contribution in [0, 0.1) is 0 Å². The lowest BCUT2D eigenvalue weighted by Gasteiger charge is -2.24. The van der Waals surface area contributed by atoms with E-state index in [4.69, 9.17) is 23.2 Å². The second-order valence-electron chi connectivity index (χ2n) is 8.88. The van der Waals surface area contributed by atoms with Crippen LogP contribution in [0.5, 0.6) is 0 Å². The molecule has 1 aliphatic heterocycles. The summed E-state index contributed by atoms with van der Waals surface area (Å²) in [6, 6.07) is 27.0. The molecule has 1 heterocycles. The van der Waals surface area contributed by atoms with Crippen LogP contribution in [0.4, 0.5) is 0 Å². The number of ketones is 2.